The van der Waals surface area contributed by atoms with Crippen LogP contribution in [0.15, 0.2) is 0 Å². The standard InChI is InChI=1S/C15H30N2/c1-2-6-14(13-16)17-11-9-15(10-12-17)7-4-3-5-8-15/h14H,2-13,16H2,1H3. The Bertz CT molecular complexity index is 211. The summed E-state index contributed by atoms with van der Waals surface area (Å²) in [5.41, 5.74) is 6.65. The fraction of sp³-hybridized carbons (Fsp3) is 1.00. The minimum absolute atomic E-state index is 0.654. The van der Waals surface area contributed by atoms with Gasteiger partial charge in [-0.25, -0.2) is 0 Å². The first-order valence-electron chi connectivity index (χ1n) is 7.74. The van der Waals surface area contributed by atoms with Crippen molar-refractivity contribution in [2.45, 2.75) is 70.8 Å². The van der Waals surface area contributed by atoms with Crippen LogP contribution >= 0.6 is 0 Å². The molecule has 1 aliphatic carbocycles. The Labute approximate surface area is 107 Å². The third-order valence-electron chi connectivity index (χ3n) is 5.18. The number of hydrogen-bond acceptors (Lipinski definition) is 2. The lowest BCUT2D eigenvalue weighted by atomic mass is 9.68. The highest BCUT2D eigenvalue weighted by molar-refractivity contribution is 4.90. The van der Waals surface area contributed by atoms with Gasteiger partial charge >= 0.3 is 0 Å². The van der Waals surface area contributed by atoms with Crippen molar-refractivity contribution in [2.24, 2.45) is 11.1 Å². The van der Waals surface area contributed by atoms with Gasteiger partial charge in [-0.15, -0.1) is 0 Å². The lowest BCUT2D eigenvalue weighted by molar-refractivity contribution is 0.0446. The highest BCUT2D eigenvalue weighted by Gasteiger charge is 2.36. The maximum Gasteiger partial charge on any atom is 0.0218 e. The molecule has 0 aromatic rings. The third kappa shape index (κ3) is 3.23. The SMILES string of the molecule is CCCC(CN)N1CCC2(CCCCC2)CC1. The lowest BCUT2D eigenvalue weighted by Gasteiger charge is -2.46. The van der Waals surface area contributed by atoms with Crippen molar-refractivity contribution in [3.63, 3.8) is 0 Å². The van der Waals surface area contributed by atoms with Crippen LogP contribution < -0.4 is 5.73 Å². The van der Waals surface area contributed by atoms with E-state index in [9.17, 15) is 0 Å². The lowest BCUT2D eigenvalue weighted by Crippen LogP contribution is -2.48. The van der Waals surface area contributed by atoms with Crippen LogP contribution in [0.5, 0.6) is 0 Å². The summed E-state index contributed by atoms with van der Waals surface area (Å²) in [6.45, 7) is 5.74. The molecule has 0 bridgehead atoms. The van der Waals surface area contributed by atoms with Crippen LogP contribution in [-0.2, 0) is 0 Å². The monoisotopic (exact) mass is 238 g/mol. The maximum atomic E-state index is 5.92. The summed E-state index contributed by atoms with van der Waals surface area (Å²) in [4.78, 5) is 2.67. The van der Waals surface area contributed by atoms with Gasteiger partial charge in [-0.05, 0) is 50.6 Å². The van der Waals surface area contributed by atoms with Gasteiger partial charge in [0.1, 0.15) is 0 Å². The molecule has 2 aliphatic rings. The highest BCUT2D eigenvalue weighted by Crippen LogP contribution is 2.44. The van der Waals surface area contributed by atoms with Gasteiger partial charge in [0, 0.05) is 12.6 Å². The van der Waals surface area contributed by atoms with Crippen LogP contribution in [0.3, 0.4) is 0 Å². The molecule has 1 spiro atoms. The van der Waals surface area contributed by atoms with Gasteiger partial charge in [0.15, 0.2) is 0 Å². The van der Waals surface area contributed by atoms with Gasteiger partial charge < -0.3 is 5.73 Å². The van der Waals surface area contributed by atoms with Crippen molar-refractivity contribution in [3.8, 4) is 0 Å². The molecule has 0 amide bonds. The van der Waals surface area contributed by atoms with Gasteiger partial charge in [-0.2, -0.15) is 0 Å². The van der Waals surface area contributed by atoms with E-state index in [2.05, 4.69) is 11.8 Å². The fourth-order valence-electron chi connectivity index (χ4n) is 3.95. The Morgan fingerprint density at radius 3 is 2.24 bits per heavy atom. The molecule has 0 aromatic heterocycles. The average molecular weight is 238 g/mol. The summed E-state index contributed by atoms with van der Waals surface area (Å²) in [6.07, 6.45) is 12.9. The van der Waals surface area contributed by atoms with Crippen molar-refractivity contribution in [3.05, 3.63) is 0 Å². The van der Waals surface area contributed by atoms with E-state index in [0.29, 0.717) is 6.04 Å². The first-order chi connectivity index (χ1) is 8.29. The quantitative estimate of drug-likeness (QED) is 0.815. The molecule has 0 radical (unpaired) electrons. The Kier molecular flexibility index (Phi) is 4.87. The predicted octanol–water partition coefficient (Wildman–Crippen LogP) is 3.16. The minimum Gasteiger partial charge on any atom is -0.329 e. The molecule has 2 rings (SSSR count). The Balaban J connectivity index is 1.83. The van der Waals surface area contributed by atoms with E-state index in [1.807, 2.05) is 0 Å². The second-order valence-corrected chi connectivity index (χ2v) is 6.27. The van der Waals surface area contributed by atoms with Gasteiger partial charge in [-0.3, -0.25) is 4.90 Å². The zero-order chi connectivity index (χ0) is 12.1. The number of nitrogens with two attached hydrogens (primary N) is 1. The number of rotatable bonds is 4. The molecular formula is C15H30N2. The number of hydrogen-bond donors (Lipinski definition) is 1. The predicted molar refractivity (Wildman–Crippen MR) is 74.1 cm³/mol. The van der Waals surface area contributed by atoms with Crippen LogP contribution in [0.25, 0.3) is 0 Å². The summed E-state index contributed by atoms with van der Waals surface area (Å²) >= 11 is 0. The summed E-state index contributed by atoms with van der Waals surface area (Å²) in [5, 5.41) is 0. The Morgan fingerprint density at radius 1 is 1.06 bits per heavy atom. The van der Waals surface area contributed by atoms with Gasteiger partial charge in [0.25, 0.3) is 0 Å². The van der Waals surface area contributed by atoms with E-state index in [-0.39, 0.29) is 0 Å². The zero-order valence-electron chi connectivity index (χ0n) is 11.6. The van der Waals surface area contributed by atoms with E-state index in [4.69, 9.17) is 5.73 Å². The fourth-order valence-corrected chi connectivity index (χ4v) is 3.95. The molecule has 1 saturated carbocycles. The number of likely N-dealkylation sites (tertiary alicyclic amines) is 1. The second-order valence-electron chi connectivity index (χ2n) is 6.27. The molecule has 0 aromatic carbocycles. The van der Waals surface area contributed by atoms with Crippen LogP contribution in [0, 0.1) is 5.41 Å². The molecule has 2 N–H and O–H groups in total. The summed E-state index contributed by atoms with van der Waals surface area (Å²) in [5.74, 6) is 0. The molecule has 2 fully saturated rings. The first kappa shape index (κ1) is 13.4. The Morgan fingerprint density at radius 2 is 1.71 bits per heavy atom. The summed E-state index contributed by atoms with van der Waals surface area (Å²) in [6, 6.07) is 0.654. The minimum atomic E-state index is 0.654. The average Bonchev–Trinajstić information content (AvgIpc) is 2.38. The number of nitrogens with zero attached hydrogens (tertiary/aromatic N) is 1. The second kappa shape index (κ2) is 6.19. The van der Waals surface area contributed by atoms with Crippen molar-refractivity contribution in [1.82, 2.24) is 4.90 Å². The molecule has 1 aliphatic heterocycles. The van der Waals surface area contributed by atoms with Gasteiger partial charge in [0.05, 0.1) is 0 Å². The van der Waals surface area contributed by atoms with E-state index in [1.165, 1.54) is 70.9 Å². The normalized spacial score (nSPS) is 27.2. The molecule has 100 valence electrons. The van der Waals surface area contributed by atoms with Crippen LogP contribution in [-0.4, -0.2) is 30.6 Å². The zero-order valence-corrected chi connectivity index (χ0v) is 11.6. The van der Waals surface area contributed by atoms with E-state index < -0.39 is 0 Å². The van der Waals surface area contributed by atoms with Crippen molar-refractivity contribution in [1.29, 1.82) is 0 Å². The summed E-state index contributed by atoms with van der Waals surface area (Å²) < 4.78 is 0. The smallest absolute Gasteiger partial charge is 0.0218 e. The third-order valence-corrected chi connectivity index (χ3v) is 5.18. The topological polar surface area (TPSA) is 29.3 Å². The molecule has 1 atom stereocenters. The molecule has 17 heavy (non-hydrogen) atoms. The molecule has 1 heterocycles. The molecule has 2 nitrogen and oxygen atoms in total. The molecular weight excluding hydrogens is 208 g/mol. The maximum absolute atomic E-state index is 5.92. The van der Waals surface area contributed by atoms with E-state index in [1.54, 1.807) is 0 Å². The molecule has 2 heteroatoms. The van der Waals surface area contributed by atoms with E-state index in [0.717, 1.165) is 12.0 Å². The largest absolute Gasteiger partial charge is 0.329 e. The molecule has 1 saturated heterocycles. The van der Waals surface area contributed by atoms with Crippen molar-refractivity contribution < 1.29 is 0 Å². The van der Waals surface area contributed by atoms with Gasteiger partial charge in [0.2, 0.25) is 0 Å². The number of piperidine rings is 1. The van der Waals surface area contributed by atoms with Crippen LogP contribution in [0.1, 0.15) is 64.7 Å². The van der Waals surface area contributed by atoms with E-state index >= 15 is 0 Å². The van der Waals surface area contributed by atoms with Crippen LogP contribution in [0.2, 0.25) is 0 Å². The van der Waals surface area contributed by atoms with Crippen LogP contribution in [0.4, 0.5) is 0 Å². The van der Waals surface area contributed by atoms with Crippen molar-refractivity contribution >= 4 is 0 Å². The summed E-state index contributed by atoms with van der Waals surface area (Å²) in [7, 11) is 0. The van der Waals surface area contributed by atoms with Crippen molar-refractivity contribution in [2.75, 3.05) is 19.6 Å². The Hall–Kier alpha value is -0.0800. The van der Waals surface area contributed by atoms with Gasteiger partial charge in [-0.1, -0.05) is 32.6 Å². The first-order valence-corrected chi connectivity index (χ1v) is 7.74. The molecule has 1 unspecified atom stereocenters. The highest BCUT2D eigenvalue weighted by atomic mass is 15.2.